The Morgan fingerprint density at radius 3 is 3.05 bits per heavy atom. The quantitative estimate of drug-likeness (QED) is 0.448. The number of nitrogens with zero attached hydrogens (tertiary/aromatic N) is 4. The topological polar surface area (TPSA) is 97.1 Å². The molecule has 0 bridgehead atoms. The number of hydrogen-bond acceptors (Lipinski definition) is 5. The van der Waals surface area contributed by atoms with Gasteiger partial charge in [0.1, 0.15) is 0 Å². The second kappa shape index (κ2) is 4.88. The Morgan fingerprint density at radius 2 is 2.20 bits per heavy atom. The van der Waals surface area contributed by atoms with Gasteiger partial charge in [-0.2, -0.15) is 5.10 Å². The SMILES string of the molecule is O=[N+]([O-])c1cccc(C=Nc2n[nH]c3ncccc23)c1. The van der Waals surface area contributed by atoms with Crippen molar-refractivity contribution in [2.75, 3.05) is 0 Å². The first-order chi connectivity index (χ1) is 9.74. The van der Waals surface area contributed by atoms with Gasteiger partial charge < -0.3 is 0 Å². The highest BCUT2D eigenvalue weighted by Crippen LogP contribution is 2.20. The fourth-order valence-electron chi connectivity index (χ4n) is 1.79. The maximum atomic E-state index is 10.7. The zero-order valence-electron chi connectivity index (χ0n) is 10.2. The molecule has 0 saturated carbocycles. The van der Waals surface area contributed by atoms with Gasteiger partial charge in [-0.3, -0.25) is 15.2 Å². The van der Waals surface area contributed by atoms with Gasteiger partial charge in [0.2, 0.25) is 0 Å². The molecule has 2 aromatic heterocycles. The van der Waals surface area contributed by atoms with Crippen LogP contribution < -0.4 is 0 Å². The summed E-state index contributed by atoms with van der Waals surface area (Å²) >= 11 is 0. The number of H-pyrrole nitrogens is 1. The molecule has 0 aliphatic carbocycles. The molecule has 0 unspecified atom stereocenters. The van der Waals surface area contributed by atoms with Gasteiger partial charge in [-0.15, -0.1) is 0 Å². The number of nitro benzene ring substituents is 1. The van der Waals surface area contributed by atoms with Crippen LogP contribution in [-0.4, -0.2) is 26.3 Å². The summed E-state index contributed by atoms with van der Waals surface area (Å²) < 4.78 is 0. The Balaban J connectivity index is 1.94. The number of pyridine rings is 1. The maximum Gasteiger partial charge on any atom is 0.270 e. The van der Waals surface area contributed by atoms with Crippen molar-refractivity contribution in [3.05, 3.63) is 58.3 Å². The third kappa shape index (κ3) is 2.24. The molecule has 1 N–H and O–H groups in total. The van der Waals surface area contributed by atoms with Crippen molar-refractivity contribution in [1.82, 2.24) is 15.2 Å². The van der Waals surface area contributed by atoms with E-state index in [4.69, 9.17) is 0 Å². The summed E-state index contributed by atoms with van der Waals surface area (Å²) in [6.07, 6.45) is 3.20. The Hall–Kier alpha value is -3.09. The Labute approximate surface area is 113 Å². The lowest BCUT2D eigenvalue weighted by Gasteiger charge is -1.93. The molecule has 7 nitrogen and oxygen atoms in total. The van der Waals surface area contributed by atoms with Gasteiger partial charge >= 0.3 is 0 Å². The van der Waals surface area contributed by atoms with E-state index in [-0.39, 0.29) is 5.69 Å². The van der Waals surface area contributed by atoms with Crippen LogP contribution in [-0.2, 0) is 0 Å². The van der Waals surface area contributed by atoms with Crippen molar-refractivity contribution in [3.8, 4) is 0 Å². The minimum Gasteiger partial charge on any atom is -0.259 e. The van der Waals surface area contributed by atoms with E-state index < -0.39 is 4.92 Å². The summed E-state index contributed by atoms with van der Waals surface area (Å²) in [6, 6.07) is 9.89. The van der Waals surface area contributed by atoms with E-state index in [2.05, 4.69) is 20.2 Å². The van der Waals surface area contributed by atoms with E-state index in [1.807, 2.05) is 6.07 Å². The Morgan fingerprint density at radius 1 is 1.30 bits per heavy atom. The fraction of sp³-hybridized carbons (Fsp3) is 0. The summed E-state index contributed by atoms with van der Waals surface area (Å²) in [7, 11) is 0. The largest absolute Gasteiger partial charge is 0.270 e. The molecule has 0 fully saturated rings. The molecule has 1 aromatic carbocycles. The van der Waals surface area contributed by atoms with E-state index in [0.717, 1.165) is 5.39 Å². The molecule has 2 heterocycles. The average Bonchev–Trinajstić information content (AvgIpc) is 2.89. The number of aliphatic imine (C=N–C) groups is 1. The van der Waals surface area contributed by atoms with E-state index >= 15 is 0 Å². The molecule has 0 aliphatic heterocycles. The lowest BCUT2D eigenvalue weighted by molar-refractivity contribution is -0.384. The van der Waals surface area contributed by atoms with Crippen molar-refractivity contribution in [2.24, 2.45) is 4.99 Å². The summed E-state index contributed by atoms with van der Waals surface area (Å²) in [5.41, 5.74) is 1.32. The zero-order valence-corrected chi connectivity index (χ0v) is 10.2. The van der Waals surface area contributed by atoms with Crippen LogP contribution in [0.3, 0.4) is 0 Å². The number of aromatic amines is 1. The number of hydrogen-bond donors (Lipinski definition) is 1. The van der Waals surface area contributed by atoms with E-state index in [1.165, 1.54) is 18.3 Å². The monoisotopic (exact) mass is 267 g/mol. The predicted octanol–water partition coefficient (Wildman–Crippen LogP) is 2.62. The molecule has 98 valence electrons. The first-order valence-electron chi connectivity index (χ1n) is 5.81. The third-order valence-corrected chi connectivity index (χ3v) is 2.73. The van der Waals surface area contributed by atoms with Crippen molar-refractivity contribution >= 4 is 28.8 Å². The van der Waals surface area contributed by atoms with Crippen LogP contribution in [0.4, 0.5) is 11.5 Å². The van der Waals surface area contributed by atoms with Gasteiger partial charge in [0.15, 0.2) is 11.5 Å². The van der Waals surface area contributed by atoms with Crippen molar-refractivity contribution < 1.29 is 4.92 Å². The van der Waals surface area contributed by atoms with Crippen LogP contribution in [0.25, 0.3) is 11.0 Å². The first kappa shape index (κ1) is 12.0. The molecule has 20 heavy (non-hydrogen) atoms. The Bertz CT molecular complexity index is 809. The first-order valence-corrected chi connectivity index (χ1v) is 5.81. The second-order valence-electron chi connectivity index (χ2n) is 4.06. The van der Waals surface area contributed by atoms with Crippen LogP contribution in [0.2, 0.25) is 0 Å². The van der Waals surface area contributed by atoms with E-state index in [0.29, 0.717) is 17.0 Å². The molecular weight excluding hydrogens is 258 g/mol. The van der Waals surface area contributed by atoms with Crippen LogP contribution in [0, 0.1) is 10.1 Å². The minimum atomic E-state index is -0.439. The number of rotatable bonds is 3. The molecule has 0 aliphatic rings. The Kier molecular flexibility index (Phi) is 2.92. The number of nitrogens with one attached hydrogen (secondary N) is 1. The molecule has 0 atom stereocenters. The highest BCUT2D eigenvalue weighted by Gasteiger charge is 2.05. The number of non-ortho nitro benzene ring substituents is 1. The number of benzene rings is 1. The van der Waals surface area contributed by atoms with Crippen molar-refractivity contribution in [3.63, 3.8) is 0 Å². The second-order valence-corrected chi connectivity index (χ2v) is 4.06. The number of nitro groups is 1. The molecule has 7 heteroatoms. The van der Waals surface area contributed by atoms with Gasteiger partial charge in [-0.25, -0.2) is 9.98 Å². The molecule has 0 spiro atoms. The summed E-state index contributed by atoms with van der Waals surface area (Å²) in [6.45, 7) is 0. The lowest BCUT2D eigenvalue weighted by Crippen LogP contribution is -1.89. The summed E-state index contributed by atoms with van der Waals surface area (Å²) in [4.78, 5) is 18.6. The van der Waals surface area contributed by atoms with Crippen LogP contribution in [0.5, 0.6) is 0 Å². The van der Waals surface area contributed by atoms with E-state index in [9.17, 15) is 10.1 Å². The van der Waals surface area contributed by atoms with Crippen LogP contribution in [0.15, 0.2) is 47.6 Å². The van der Waals surface area contributed by atoms with Gasteiger partial charge in [0.25, 0.3) is 5.69 Å². The number of fused-ring (bicyclic) bond motifs is 1. The van der Waals surface area contributed by atoms with Gasteiger partial charge in [0.05, 0.1) is 10.3 Å². The number of aromatic nitrogens is 3. The van der Waals surface area contributed by atoms with Crippen LogP contribution >= 0.6 is 0 Å². The molecule has 0 radical (unpaired) electrons. The van der Waals surface area contributed by atoms with E-state index in [1.54, 1.807) is 24.4 Å². The average molecular weight is 267 g/mol. The standard InChI is InChI=1S/C13H9N5O2/c19-18(20)10-4-1-3-9(7-10)8-15-13-11-5-2-6-14-12(11)16-17-13/h1-8H,(H,14,16,17). The molecule has 3 rings (SSSR count). The fourth-order valence-corrected chi connectivity index (χ4v) is 1.79. The molecule has 0 amide bonds. The summed E-state index contributed by atoms with van der Waals surface area (Å²) in [5.74, 6) is 0.500. The van der Waals surface area contributed by atoms with Crippen molar-refractivity contribution in [1.29, 1.82) is 0 Å². The predicted molar refractivity (Wildman–Crippen MR) is 74.2 cm³/mol. The molecular formula is C13H9N5O2. The minimum absolute atomic E-state index is 0.0301. The zero-order chi connectivity index (χ0) is 13.9. The normalized spacial score (nSPS) is 11.2. The smallest absolute Gasteiger partial charge is 0.259 e. The van der Waals surface area contributed by atoms with Crippen molar-refractivity contribution in [2.45, 2.75) is 0 Å². The summed E-state index contributed by atoms with van der Waals surface area (Å²) in [5, 5.41) is 18.3. The third-order valence-electron chi connectivity index (χ3n) is 2.73. The van der Waals surface area contributed by atoms with Gasteiger partial charge in [0, 0.05) is 24.5 Å². The maximum absolute atomic E-state index is 10.7. The molecule has 3 aromatic rings. The highest BCUT2D eigenvalue weighted by atomic mass is 16.6. The molecule has 0 saturated heterocycles. The lowest BCUT2D eigenvalue weighted by atomic mass is 10.2. The van der Waals surface area contributed by atoms with Crippen LogP contribution in [0.1, 0.15) is 5.56 Å². The van der Waals surface area contributed by atoms with Gasteiger partial charge in [-0.1, -0.05) is 12.1 Å². The van der Waals surface area contributed by atoms with Gasteiger partial charge in [-0.05, 0) is 17.7 Å². The highest BCUT2D eigenvalue weighted by molar-refractivity contribution is 5.90.